The van der Waals surface area contributed by atoms with E-state index in [0.29, 0.717) is 6.29 Å². The second-order valence-electron chi connectivity index (χ2n) is 15.1. The Kier molecular flexibility index (Phi) is 24.0. The van der Waals surface area contributed by atoms with Crippen LogP contribution in [0.1, 0.15) is 66.2 Å². The van der Waals surface area contributed by atoms with Crippen molar-refractivity contribution in [1.29, 1.82) is 0 Å². The number of amides is 10. The van der Waals surface area contributed by atoms with Crippen LogP contribution in [0.3, 0.4) is 0 Å². The number of nitrogens with zero attached hydrogens (tertiary/aromatic N) is 2. The van der Waals surface area contributed by atoms with Gasteiger partial charge in [-0.25, -0.2) is 4.79 Å². The van der Waals surface area contributed by atoms with Gasteiger partial charge in [-0.1, -0.05) is 13.8 Å². The van der Waals surface area contributed by atoms with Gasteiger partial charge < -0.3 is 85.4 Å². The molecule has 1 saturated heterocycles. The monoisotopic (exact) mass is 884 g/mol. The van der Waals surface area contributed by atoms with Gasteiger partial charge in [0.25, 0.3) is 0 Å². The molecule has 0 aromatic rings. The van der Waals surface area contributed by atoms with Crippen molar-refractivity contribution >= 4 is 65.5 Å². The predicted octanol–water partition coefficient (Wildman–Crippen LogP) is -7.29. The Morgan fingerprint density at radius 3 is 1.90 bits per heavy atom. The smallest absolute Gasteiger partial charge is 0.312 e. The lowest BCUT2D eigenvalue weighted by Gasteiger charge is -2.28. The molecular formula is C36H64N14O12. The third-order valence-electron chi connectivity index (χ3n) is 9.09. The molecule has 8 atom stereocenters. The van der Waals surface area contributed by atoms with Crippen molar-refractivity contribution < 1.29 is 58.2 Å². The van der Waals surface area contributed by atoms with Gasteiger partial charge in [-0.05, 0) is 51.9 Å². The number of aldehydes is 1. The van der Waals surface area contributed by atoms with Crippen molar-refractivity contribution in [1.82, 2.24) is 47.4 Å². The molecule has 0 aromatic heterocycles. The summed E-state index contributed by atoms with van der Waals surface area (Å²) >= 11 is 0. The Hall–Kier alpha value is -6.15. The summed E-state index contributed by atoms with van der Waals surface area (Å²) in [5.41, 5.74) is 21.4. The summed E-state index contributed by atoms with van der Waals surface area (Å²) in [5.74, 6) is -6.84. The highest BCUT2D eigenvalue weighted by Gasteiger charge is 2.41. The van der Waals surface area contributed by atoms with Crippen LogP contribution in [-0.4, -0.2) is 168 Å². The molecule has 62 heavy (non-hydrogen) atoms. The van der Waals surface area contributed by atoms with E-state index in [1.165, 1.54) is 13.8 Å². The van der Waals surface area contributed by atoms with Crippen LogP contribution in [0.25, 0.3) is 0 Å². The van der Waals surface area contributed by atoms with Crippen LogP contribution in [0.15, 0.2) is 4.99 Å². The molecule has 10 amide bonds. The first-order valence-electron chi connectivity index (χ1n) is 20.0. The molecule has 1 unspecified atom stereocenters. The number of β-amino-alcohol motifs (C(OH)–C–C–N with tert-alkyl or cyclic N) is 1. The van der Waals surface area contributed by atoms with Gasteiger partial charge in [-0.3, -0.25) is 43.3 Å². The van der Waals surface area contributed by atoms with Crippen molar-refractivity contribution in [3.63, 3.8) is 0 Å². The van der Waals surface area contributed by atoms with E-state index in [1.807, 2.05) is 0 Å². The van der Waals surface area contributed by atoms with Crippen LogP contribution in [0.4, 0.5) is 4.79 Å². The molecule has 350 valence electrons. The second-order valence-corrected chi connectivity index (χ2v) is 15.1. The average Bonchev–Trinajstić information content (AvgIpc) is 3.59. The number of nitrogens with two attached hydrogens (primary N) is 4. The van der Waals surface area contributed by atoms with Gasteiger partial charge in [-0.2, -0.15) is 0 Å². The zero-order valence-corrected chi connectivity index (χ0v) is 35.4. The Labute approximate surface area is 358 Å². The minimum atomic E-state index is -1.64. The number of carbonyl (C=O) groups excluding carboxylic acids is 10. The van der Waals surface area contributed by atoms with Crippen molar-refractivity contribution in [2.75, 3.05) is 39.3 Å². The number of carbonyl (C=O) groups is 10. The third kappa shape index (κ3) is 20.4. The van der Waals surface area contributed by atoms with Gasteiger partial charge in [0.15, 0.2) is 5.96 Å². The Bertz CT molecular complexity index is 1610. The van der Waals surface area contributed by atoms with E-state index in [-0.39, 0.29) is 76.6 Å². The number of primary amides is 1. The first kappa shape index (κ1) is 53.9. The molecule has 0 aromatic carbocycles. The average molecular weight is 885 g/mol. The molecule has 26 nitrogen and oxygen atoms in total. The van der Waals surface area contributed by atoms with E-state index < -0.39 is 115 Å². The number of rotatable bonds is 27. The largest absolute Gasteiger partial charge is 0.391 e. The van der Waals surface area contributed by atoms with Gasteiger partial charge in [0.05, 0.1) is 37.9 Å². The molecule has 18 N–H and O–H groups in total. The second kappa shape index (κ2) is 27.6. The first-order chi connectivity index (χ1) is 29.1. The van der Waals surface area contributed by atoms with E-state index in [0.717, 1.165) is 4.90 Å². The minimum absolute atomic E-state index is 0.0373. The molecule has 0 bridgehead atoms. The number of hydrogen-bond acceptors (Lipinski definition) is 14. The number of likely N-dealkylation sites (tertiary alicyclic amines) is 1. The first-order valence-corrected chi connectivity index (χ1v) is 20.0. The van der Waals surface area contributed by atoms with Crippen LogP contribution >= 0.6 is 0 Å². The van der Waals surface area contributed by atoms with Crippen LogP contribution in [-0.2, 0) is 43.2 Å². The fourth-order valence-electron chi connectivity index (χ4n) is 6.04. The quantitative estimate of drug-likeness (QED) is 0.0158. The predicted molar refractivity (Wildman–Crippen MR) is 220 cm³/mol. The Morgan fingerprint density at radius 1 is 0.758 bits per heavy atom. The summed E-state index contributed by atoms with van der Waals surface area (Å²) in [4.78, 5) is 131. The van der Waals surface area contributed by atoms with E-state index in [9.17, 15) is 58.2 Å². The number of aliphatic imine (C=N–C) groups is 1. The third-order valence-corrected chi connectivity index (χ3v) is 9.09. The topological polar surface area (TPSA) is 427 Å². The highest BCUT2D eigenvalue weighted by molar-refractivity contribution is 5.97. The number of hydrogen-bond donors (Lipinski definition) is 14. The van der Waals surface area contributed by atoms with E-state index in [2.05, 4.69) is 47.5 Å². The van der Waals surface area contributed by atoms with Crippen molar-refractivity contribution in [3.8, 4) is 0 Å². The van der Waals surface area contributed by atoms with E-state index in [4.69, 9.17) is 22.9 Å². The van der Waals surface area contributed by atoms with Crippen LogP contribution in [0.2, 0.25) is 0 Å². The molecule has 1 aliphatic heterocycles. The standard InChI is InChI=1S/C36H64N14O12/c1-18(2)13-24(47-27(55)15-44-30(57)22(48-29(56)19(3)37)7-5-10-43-36(40)62)31(58)49-28(20(4)52)33(60)45-16-26(54)46-23(8-6-9-42-35(38)39)34(61)50-17-21(53)14-25(50)32(59)41-11-12-51/h12,18-25,28,52-53H,5-11,13-17,37H2,1-4H3,(H,41,59)(H,44,57)(H,45,60)(H,46,54)(H,47,55)(H,48,56)(H,49,58)(H4,38,39,42)(H3,40,43,62)/t19-,20+,21-,22?,23-,24-,25-,28-/m0/s1. The van der Waals surface area contributed by atoms with Gasteiger partial charge in [0.2, 0.25) is 47.3 Å². The van der Waals surface area contributed by atoms with Gasteiger partial charge >= 0.3 is 6.03 Å². The molecule has 1 aliphatic rings. The number of nitrogens with one attached hydrogen (secondary N) is 8. The fraction of sp³-hybridized carbons (Fsp3) is 0.694. The van der Waals surface area contributed by atoms with Crippen LogP contribution < -0.4 is 65.5 Å². The molecule has 1 fully saturated rings. The number of guanidine groups is 1. The van der Waals surface area contributed by atoms with E-state index in [1.54, 1.807) is 13.8 Å². The van der Waals surface area contributed by atoms with Crippen LogP contribution in [0, 0.1) is 5.92 Å². The van der Waals surface area contributed by atoms with Crippen LogP contribution in [0.5, 0.6) is 0 Å². The maximum absolute atomic E-state index is 13.7. The van der Waals surface area contributed by atoms with Gasteiger partial charge in [-0.15, -0.1) is 0 Å². The SMILES string of the molecule is CC(C)C[C@H](NC(=O)CNC(=O)C(CCCNC(N)=O)NC(=O)[C@H](C)N)C(=O)N[C@H](C(=O)NCC(=O)N[C@@H](CCCN=C(N)N)C(=O)N1C[C@@H](O)C[C@H]1C(=O)NCC=O)[C@@H](C)O. The van der Waals surface area contributed by atoms with Crippen molar-refractivity contribution in [2.24, 2.45) is 33.8 Å². The number of aliphatic hydroxyl groups excluding tert-OH is 2. The molecule has 0 radical (unpaired) electrons. The maximum atomic E-state index is 13.7. The van der Waals surface area contributed by atoms with Gasteiger partial charge in [0, 0.05) is 26.1 Å². The molecule has 0 aliphatic carbocycles. The summed E-state index contributed by atoms with van der Waals surface area (Å²) in [5, 5.41) is 39.9. The lowest BCUT2D eigenvalue weighted by Crippen LogP contribution is -2.59. The summed E-state index contributed by atoms with van der Waals surface area (Å²) in [6.45, 7) is 4.31. The Morgan fingerprint density at radius 2 is 1.35 bits per heavy atom. The summed E-state index contributed by atoms with van der Waals surface area (Å²) in [6.07, 6.45) is -1.80. The Balaban J connectivity index is 3.02. The molecule has 1 heterocycles. The molecular weight excluding hydrogens is 820 g/mol. The van der Waals surface area contributed by atoms with E-state index >= 15 is 0 Å². The van der Waals surface area contributed by atoms with Crippen molar-refractivity contribution in [2.45, 2.75) is 115 Å². The summed E-state index contributed by atoms with van der Waals surface area (Å²) < 4.78 is 0. The molecule has 0 spiro atoms. The highest BCUT2D eigenvalue weighted by atomic mass is 16.3. The zero-order chi connectivity index (χ0) is 47.1. The number of aliphatic hydroxyl groups is 2. The normalized spacial score (nSPS) is 17.4. The fourth-order valence-corrected chi connectivity index (χ4v) is 6.04. The number of urea groups is 1. The zero-order valence-electron chi connectivity index (χ0n) is 35.4. The minimum Gasteiger partial charge on any atom is -0.391 e. The molecule has 26 heteroatoms. The van der Waals surface area contributed by atoms with Crippen molar-refractivity contribution in [3.05, 3.63) is 0 Å². The summed E-state index contributed by atoms with van der Waals surface area (Å²) in [6, 6.07) is -8.23. The summed E-state index contributed by atoms with van der Waals surface area (Å²) in [7, 11) is 0. The highest BCUT2D eigenvalue weighted by Crippen LogP contribution is 2.20. The molecule has 1 rings (SSSR count). The van der Waals surface area contributed by atoms with Gasteiger partial charge in [0.1, 0.15) is 36.5 Å². The lowest BCUT2D eigenvalue weighted by molar-refractivity contribution is -0.141. The lowest BCUT2D eigenvalue weighted by atomic mass is 10.0. The molecule has 0 saturated carbocycles. The maximum Gasteiger partial charge on any atom is 0.312 e.